The van der Waals surface area contributed by atoms with Gasteiger partial charge in [-0.05, 0) is 30.2 Å². The highest BCUT2D eigenvalue weighted by Gasteiger charge is 2.23. The standard InChI is InChI=1S/C16H15F2NO5S/c1-9(16(21)22)6-10-2-4-12(5-3-10)19-25(23,24)14-8-11(17)7-13(18)15(14)20/h2-5,7-9,19-20H,6H2,1H3,(H,21,22). The molecule has 0 aromatic heterocycles. The zero-order valence-corrected chi connectivity index (χ0v) is 13.8. The van der Waals surface area contributed by atoms with Crippen molar-refractivity contribution in [2.24, 2.45) is 5.92 Å². The molecule has 1 atom stereocenters. The molecule has 0 fully saturated rings. The molecule has 2 aromatic rings. The van der Waals surface area contributed by atoms with Gasteiger partial charge in [0.15, 0.2) is 11.6 Å². The zero-order valence-electron chi connectivity index (χ0n) is 13.0. The zero-order chi connectivity index (χ0) is 18.8. The number of nitrogens with one attached hydrogen (secondary N) is 1. The van der Waals surface area contributed by atoms with Crippen molar-refractivity contribution >= 4 is 21.7 Å². The number of benzene rings is 2. The SMILES string of the molecule is CC(Cc1ccc(NS(=O)(=O)c2cc(F)cc(F)c2O)cc1)C(=O)O. The first-order valence-electron chi connectivity index (χ1n) is 7.12. The topological polar surface area (TPSA) is 104 Å². The molecule has 0 amide bonds. The predicted octanol–water partition coefficient (Wildman–Crippen LogP) is 2.73. The van der Waals surface area contributed by atoms with E-state index >= 15 is 0 Å². The molecule has 0 bridgehead atoms. The number of anilines is 1. The van der Waals surface area contributed by atoms with Crippen LogP contribution in [0.2, 0.25) is 0 Å². The van der Waals surface area contributed by atoms with Crippen molar-refractivity contribution in [3.05, 3.63) is 53.6 Å². The summed E-state index contributed by atoms with van der Waals surface area (Å²) in [5.74, 6) is -5.27. The van der Waals surface area contributed by atoms with E-state index in [1.54, 1.807) is 6.92 Å². The van der Waals surface area contributed by atoms with E-state index in [-0.39, 0.29) is 12.1 Å². The number of carboxylic acid groups (broad SMARTS) is 1. The van der Waals surface area contributed by atoms with E-state index in [2.05, 4.69) is 4.72 Å². The van der Waals surface area contributed by atoms with Gasteiger partial charge in [-0.3, -0.25) is 9.52 Å². The van der Waals surface area contributed by atoms with E-state index in [0.717, 1.165) is 0 Å². The summed E-state index contributed by atoms with van der Waals surface area (Å²) in [4.78, 5) is 9.90. The van der Waals surface area contributed by atoms with Crippen LogP contribution in [-0.2, 0) is 21.2 Å². The maximum atomic E-state index is 13.3. The van der Waals surface area contributed by atoms with Crippen molar-refractivity contribution in [1.82, 2.24) is 0 Å². The van der Waals surface area contributed by atoms with Crippen LogP contribution in [0.5, 0.6) is 5.75 Å². The van der Waals surface area contributed by atoms with Crippen LogP contribution >= 0.6 is 0 Å². The number of rotatable bonds is 6. The quantitative estimate of drug-likeness (QED) is 0.724. The normalized spacial score (nSPS) is 12.6. The Morgan fingerprint density at radius 2 is 1.80 bits per heavy atom. The molecule has 0 heterocycles. The van der Waals surface area contributed by atoms with E-state index in [0.29, 0.717) is 17.7 Å². The highest BCUT2D eigenvalue weighted by molar-refractivity contribution is 7.92. The highest BCUT2D eigenvalue weighted by atomic mass is 32.2. The summed E-state index contributed by atoms with van der Waals surface area (Å²) >= 11 is 0. The third kappa shape index (κ3) is 4.44. The molecule has 25 heavy (non-hydrogen) atoms. The predicted molar refractivity (Wildman–Crippen MR) is 85.8 cm³/mol. The Balaban J connectivity index is 2.23. The minimum atomic E-state index is -4.41. The molecule has 2 rings (SSSR count). The van der Waals surface area contributed by atoms with Gasteiger partial charge in [-0.2, -0.15) is 0 Å². The van der Waals surface area contributed by atoms with E-state index in [1.807, 2.05) is 0 Å². The van der Waals surface area contributed by atoms with Crippen molar-refractivity contribution in [3.63, 3.8) is 0 Å². The molecular weight excluding hydrogens is 356 g/mol. The molecule has 3 N–H and O–H groups in total. The Hall–Kier alpha value is -2.68. The molecular formula is C16H15F2NO5S. The number of phenols is 1. The molecule has 9 heteroatoms. The monoisotopic (exact) mass is 371 g/mol. The van der Waals surface area contributed by atoms with Gasteiger partial charge >= 0.3 is 5.97 Å². The number of carbonyl (C=O) groups is 1. The Morgan fingerprint density at radius 1 is 1.20 bits per heavy atom. The van der Waals surface area contributed by atoms with Crippen LogP contribution in [-0.4, -0.2) is 24.6 Å². The van der Waals surface area contributed by atoms with Gasteiger partial charge < -0.3 is 10.2 Å². The average Bonchev–Trinajstić information content (AvgIpc) is 2.52. The van der Waals surface area contributed by atoms with Crippen molar-refractivity contribution in [2.75, 3.05) is 4.72 Å². The number of hydrogen-bond acceptors (Lipinski definition) is 4. The lowest BCUT2D eigenvalue weighted by molar-refractivity contribution is -0.141. The minimum absolute atomic E-state index is 0.0933. The lowest BCUT2D eigenvalue weighted by Crippen LogP contribution is -2.14. The second-order valence-electron chi connectivity index (χ2n) is 5.48. The maximum absolute atomic E-state index is 13.3. The molecule has 0 saturated heterocycles. The lowest BCUT2D eigenvalue weighted by Gasteiger charge is -2.11. The first kappa shape index (κ1) is 18.7. The maximum Gasteiger partial charge on any atom is 0.306 e. The summed E-state index contributed by atoms with van der Waals surface area (Å²) in [6.45, 7) is 1.54. The van der Waals surface area contributed by atoms with E-state index in [4.69, 9.17) is 5.11 Å². The molecule has 0 radical (unpaired) electrons. The van der Waals surface area contributed by atoms with Gasteiger partial charge in [-0.1, -0.05) is 19.1 Å². The van der Waals surface area contributed by atoms with Gasteiger partial charge in [0.2, 0.25) is 0 Å². The first-order valence-corrected chi connectivity index (χ1v) is 8.61. The summed E-state index contributed by atoms with van der Waals surface area (Å²) in [7, 11) is -4.41. The fourth-order valence-electron chi connectivity index (χ4n) is 2.11. The summed E-state index contributed by atoms with van der Waals surface area (Å²) in [6.07, 6.45) is 0.262. The number of aromatic hydroxyl groups is 1. The smallest absolute Gasteiger partial charge is 0.306 e. The third-order valence-corrected chi connectivity index (χ3v) is 4.85. The highest BCUT2D eigenvalue weighted by Crippen LogP contribution is 2.28. The summed E-state index contributed by atoms with van der Waals surface area (Å²) < 4.78 is 53.0. The van der Waals surface area contributed by atoms with Crippen LogP contribution in [0.15, 0.2) is 41.3 Å². The number of hydrogen-bond donors (Lipinski definition) is 3. The fraction of sp³-hybridized carbons (Fsp3) is 0.188. The molecule has 1 unspecified atom stereocenters. The largest absolute Gasteiger partial charge is 0.504 e. The summed E-state index contributed by atoms with van der Waals surface area (Å²) in [6, 6.07) is 6.70. The summed E-state index contributed by atoms with van der Waals surface area (Å²) in [5.41, 5.74) is 0.772. The van der Waals surface area contributed by atoms with Crippen LogP contribution in [0.4, 0.5) is 14.5 Å². The molecule has 0 aliphatic carbocycles. The average molecular weight is 371 g/mol. The molecule has 6 nitrogen and oxygen atoms in total. The fourth-order valence-corrected chi connectivity index (χ4v) is 3.28. The van der Waals surface area contributed by atoms with Gasteiger partial charge in [-0.15, -0.1) is 0 Å². The van der Waals surface area contributed by atoms with Gasteiger partial charge in [0, 0.05) is 11.8 Å². The Bertz CT molecular complexity index is 897. The number of aliphatic carboxylic acids is 1. The molecule has 2 aromatic carbocycles. The van der Waals surface area contributed by atoms with Gasteiger partial charge in [0.05, 0.1) is 5.92 Å². The van der Waals surface area contributed by atoms with Gasteiger partial charge in [-0.25, -0.2) is 17.2 Å². The van der Waals surface area contributed by atoms with Crippen LogP contribution < -0.4 is 4.72 Å². The van der Waals surface area contributed by atoms with Crippen molar-refractivity contribution in [3.8, 4) is 5.75 Å². The number of phenolic OH excluding ortho intramolecular Hbond substituents is 1. The summed E-state index contributed by atoms with van der Waals surface area (Å²) in [5, 5.41) is 18.4. The van der Waals surface area contributed by atoms with Crippen molar-refractivity contribution in [2.45, 2.75) is 18.2 Å². The third-order valence-electron chi connectivity index (χ3n) is 3.45. The van der Waals surface area contributed by atoms with Gasteiger partial charge in [0.25, 0.3) is 10.0 Å². The number of sulfonamides is 1. The molecule has 0 aliphatic rings. The Morgan fingerprint density at radius 3 is 2.36 bits per heavy atom. The van der Waals surface area contributed by atoms with E-state index in [1.165, 1.54) is 24.3 Å². The Labute approximate surface area is 142 Å². The van der Waals surface area contributed by atoms with Crippen LogP contribution in [0.1, 0.15) is 12.5 Å². The number of carboxylic acids is 1. The first-order chi connectivity index (χ1) is 11.6. The van der Waals surface area contributed by atoms with Gasteiger partial charge in [0.1, 0.15) is 10.7 Å². The number of halogens is 2. The van der Waals surface area contributed by atoms with Crippen molar-refractivity contribution in [1.29, 1.82) is 0 Å². The second-order valence-corrected chi connectivity index (χ2v) is 7.13. The molecule has 0 spiro atoms. The molecule has 0 aliphatic heterocycles. The minimum Gasteiger partial charge on any atom is -0.504 e. The van der Waals surface area contributed by atoms with Crippen LogP contribution in [0.3, 0.4) is 0 Å². The van der Waals surface area contributed by atoms with Crippen LogP contribution in [0.25, 0.3) is 0 Å². The molecule has 134 valence electrons. The molecule has 0 saturated carbocycles. The van der Waals surface area contributed by atoms with E-state index < -0.39 is 44.2 Å². The van der Waals surface area contributed by atoms with E-state index in [9.17, 15) is 27.1 Å². The van der Waals surface area contributed by atoms with Crippen LogP contribution in [0, 0.1) is 17.6 Å². The Kier molecular flexibility index (Phi) is 5.27. The van der Waals surface area contributed by atoms with Crippen molar-refractivity contribution < 1.29 is 32.2 Å². The lowest BCUT2D eigenvalue weighted by atomic mass is 10.0. The second kappa shape index (κ2) is 7.06.